The van der Waals surface area contributed by atoms with Gasteiger partial charge in [0.25, 0.3) is 0 Å². The first kappa shape index (κ1) is 17.4. The second-order valence-corrected chi connectivity index (χ2v) is 7.03. The van der Waals surface area contributed by atoms with Crippen molar-refractivity contribution in [2.24, 2.45) is 0 Å². The Balaban J connectivity index is 1.76. The number of hydrogen-bond acceptors (Lipinski definition) is 4. The zero-order valence-electron chi connectivity index (χ0n) is 14.7. The van der Waals surface area contributed by atoms with Gasteiger partial charge in [-0.05, 0) is 48.4 Å². The molecule has 0 aliphatic carbocycles. The van der Waals surface area contributed by atoms with E-state index in [4.69, 9.17) is 0 Å². The normalized spacial score (nSPS) is 10.9. The van der Waals surface area contributed by atoms with Crippen LogP contribution in [0.5, 0.6) is 0 Å². The number of para-hydroxylation sites is 1. The molecule has 0 unspecified atom stereocenters. The van der Waals surface area contributed by atoms with E-state index in [9.17, 15) is 4.39 Å². The molecule has 0 fully saturated rings. The average molecular weight is 376 g/mol. The van der Waals surface area contributed by atoms with Crippen LogP contribution >= 0.6 is 11.8 Å². The fraction of sp³-hybridized carbons (Fsp3) is 0.0952. The molecule has 2 aromatic heterocycles. The number of thioether (sulfide) groups is 1. The van der Waals surface area contributed by atoms with Gasteiger partial charge in [0.15, 0.2) is 11.0 Å². The highest BCUT2D eigenvalue weighted by Crippen LogP contribution is 2.30. The first-order valence-corrected chi connectivity index (χ1v) is 9.50. The summed E-state index contributed by atoms with van der Waals surface area (Å²) in [5.74, 6) is 1.11. The van der Waals surface area contributed by atoms with Crippen LogP contribution in [-0.2, 0) is 5.75 Å². The number of rotatable bonds is 5. The predicted molar refractivity (Wildman–Crippen MR) is 105 cm³/mol. The number of benzene rings is 2. The zero-order valence-corrected chi connectivity index (χ0v) is 15.5. The predicted octanol–water partition coefficient (Wildman–Crippen LogP) is 5.07. The highest BCUT2D eigenvalue weighted by molar-refractivity contribution is 7.98. The molecule has 4 nitrogen and oxygen atoms in total. The summed E-state index contributed by atoms with van der Waals surface area (Å²) in [6, 6.07) is 18.6. The highest BCUT2D eigenvalue weighted by Gasteiger charge is 2.17. The van der Waals surface area contributed by atoms with Gasteiger partial charge in [0.1, 0.15) is 5.82 Å². The maximum Gasteiger partial charge on any atom is 0.196 e. The van der Waals surface area contributed by atoms with Gasteiger partial charge in [-0.2, -0.15) is 0 Å². The number of aromatic nitrogens is 4. The molecule has 0 bridgehead atoms. The summed E-state index contributed by atoms with van der Waals surface area (Å²) < 4.78 is 15.5. The van der Waals surface area contributed by atoms with Crippen molar-refractivity contribution in [3.63, 3.8) is 0 Å². The fourth-order valence-electron chi connectivity index (χ4n) is 2.85. The second kappa shape index (κ2) is 7.72. The Hall–Kier alpha value is -2.99. The maximum absolute atomic E-state index is 13.5. The Morgan fingerprint density at radius 3 is 2.67 bits per heavy atom. The van der Waals surface area contributed by atoms with Crippen molar-refractivity contribution < 1.29 is 4.39 Å². The minimum atomic E-state index is -0.232. The quantitative estimate of drug-likeness (QED) is 0.456. The smallest absolute Gasteiger partial charge is 0.196 e. The number of nitrogens with zero attached hydrogens (tertiary/aromatic N) is 4. The van der Waals surface area contributed by atoms with Crippen molar-refractivity contribution in [2.45, 2.75) is 17.8 Å². The molecule has 4 rings (SSSR count). The molecule has 4 aromatic rings. The molecule has 6 heteroatoms. The van der Waals surface area contributed by atoms with E-state index < -0.39 is 0 Å². The molecule has 0 saturated carbocycles. The van der Waals surface area contributed by atoms with Gasteiger partial charge >= 0.3 is 0 Å². The van der Waals surface area contributed by atoms with E-state index in [2.05, 4.69) is 28.2 Å². The molecule has 2 aromatic carbocycles. The molecular weight excluding hydrogens is 359 g/mol. The van der Waals surface area contributed by atoms with E-state index in [0.29, 0.717) is 5.75 Å². The van der Waals surface area contributed by atoms with Gasteiger partial charge in [-0.3, -0.25) is 9.55 Å². The van der Waals surface area contributed by atoms with Crippen molar-refractivity contribution in [1.82, 2.24) is 19.7 Å². The van der Waals surface area contributed by atoms with Gasteiger partial charge in [-0.25, -0.2) is 4.39 Å². The van der Waals surface area contributed by atoms with Gasteiger partial charge < -0.3 is 0 Å². The van der Waals surface area contributed by atoms with E-state index in [1.807, 2.05) is 41.0 Å². The van der Waals surface area contributed by atoms with Crippen LogP contribution in [0.4, 0.5) is 4.39 Å². The SMILES string of the molecule is Cc1ccccc1-n1c(SCc2cccc(F)c2)nnc1-c1cccnc1. The minimum absolute atomic E-state index is 0.232. The summed E-state index contributed by atoms with van der Waals surface area (Å²) in [7, 11) is 0. The van der Waals surface area contributed by atoms with E-state index >= 15 is 0 Å². The minimum Gasteiger partial charge on any atom is -0.270 e. The molecule has 0 N–H and O–H groups in total. The van der Waals surface area contributed by atoms with Gasteiger partial charge in [0.2, 0.25) is 0 Å². The lowest BCUT2D eigenvalue weighted by atomic mass is 10.2. The first-order chi connectivity index (χ1) is 13.2. The van der Waals surface area contributed by atoms with Crippen molar-refractivity contribution >= 4 is 11.8 Å². The molecule has 2 heterocycles. The molecule has 0 aliphatic rings. The molecule has 0 aliphatic heterocycles. The van der Waals surface area contributed by atoms with Crippen LogP contribution in [0.3, 0.4) is 0 Å². The van der Waals surface area contributed by atoms with E-state index in [0.717, 1.165) is 33.4 Å². The number of halogens is 1. The van der Waals surface area contributed by atoms with Crippen LogP contribution in [0.1, 0.15) is 11.1 Å². The van der Waals surface area contributed by atoms with Crippen molar-refractivity contribution in [3.8, 4) is 17.1 Å². The highest BCUT2D eigenvalue weighted by atomic mass is 32.2. The fourth-order valence-corrected chi connectivity index (χ4v) is 3.74. The number of pyridine rings is 1. The van der Waals surface area contributed by atoms with E-state index in [1.165, 1.54) is 17.8 Å². The van der Waals surface area contributed by atoms with Crippen LogP contribution in [0.15, 0.2) is 78.2 Å². The maximum atomic E-state index is 13.5. The lowest BCUT2D eigenvalue weighted by molar-refractivity contribution is 0.626. The van der Waals surface area contributed by atoms with E-state index in [-0.39, 0.29) is 5.82 Å². The lowest BCUT2D eigenvalue weighted by Crippen LogP contribution is -2.02. The largest absolute Gasteiger partial charge is 0.270 e. The van der Waals surface area contributed by atoms with Gasteiger partial charge in [0.05, 0.1) is 5.69 Å². The third-order valence-corrected chi connectivity index (χ3v) is 5.17. The molecule has 27 heavy (non-hydrogen) atoms. The topological polar surface area (TPSA) is 43.6 Å². The summed E-state index contributed by atoms with van der Waals surface area (Å²) in [6.07, 6.45) is 3.51. The Bertz CT molecular complexity index is 1060. The first-order valence-electron chi connectivity index (χ1n) is 8.51. The summed E-state index contributed by atoms with van der Waals surface area (Å²) >= 11 is 1.53. The Morgan fingerprint density at radius 2 is 1.89 bits per heavy atom. The van der Waals surface area contributed by atoms with E-state index in [1.54, 1.807) is 24.5 Å². The van der Waals surface area contributed by atoms with Crippen LogP contribution in [0.25, 0.3) is 17.1 Å². The molecule has 0 radical (unpaired) electrons. The molecule has 0 saturated heterocycles. The monoisotopic (exact) mass is 376 g/mol. The zero-order chi connectivity index (χ0) is 18.6. The number of aryl methyl sites for hydroxylation is 1. The standard InChI is InChI=1S/C21H17FN4S/c1-15-6-2-3-10-19(15)26-20(17-8-5-11-23-13-17)24-25-21(26)27-14-16-7-4-9-18(22)12-16/h2-13H,14H2,1H3. The molecule has 0 spiro atoms. The third kappa shape index (κ3) is 3.75. The van der Waals surface area contributed by atoms with Crippen molar-refractivity contribution in [2.75, 3.05) is 0 Å². The average Bonchev–Trinajstić information content (AvgIpc) is 3.11. The van der Waals surface area contributed by atoms with Crippen LogP contribution in [0.2, 0.25) is 0 Å². The molecule has 0 atom stereocenters. The summed E-state index contributed by atoms with van der Waals surface area (Å²) in [6.45, 7) is 2.06. The Kier molecular flexibility index (Phi) is 4.98. The summed E-state index contributed by atoms with van der Waals surface area (Å²) in [5.41, 5.74) is 3.94. The number of hydrogen-bond donors (Lipinski definition) is 0. The van der Waals surface area contributed by atoms with Crippen LogP contribution < -0.4 is 0 Å². The lowest BCUT2D eigenvalue weighted by Gasteiger charge is -2.12. The summed E-state index contributed by atoms with van der Waals surface area (Å²) in [5, 5.41) is 9.57. The Labute approximate surface area is 161 Å². The second-order valence-electron chi connectivity index (χ2n) is 6.09. The van der Waals surface area contributed by atoms with Crippen molar-refractivity contribution in [3.05, 3.63) is 90.0 Å². The van der Waals surface area contributed by atoms with Crippen LogP contribution in [-0.4, -0.2) is 19.7 Å². The van der Waals surface area contributed by atoms with Crippen molar-refractivity contribution in [1.29, 1.82) is 0 Å². The van der Waals surface area contributed by atoms with Gasteiger partial charge in [-0.15, -0.1) is 10.2 Å². The Morgan fingerprint density at radius 1 is 1.00 bits per heavy atom. The summed E-state index contributed by atoms with van der Waals surface area (Å²) in [4.78, 5) is 4.20. The van der Waals surface area contributed by atoms with Gasteiger partial charge in [-0.1, -0.05) is 42.1 Å². The third-order valence-electron chi connectivity index (χ3n) is 4.17. The molecule has 134 valence electrons. The van der Waals surface area contributed by atoms with Crippen LogP contribution in [0, 0.1) is 12.7 Å². The molecule has 0 amide bonds. The van der Waals surface area contributed by atoms with Gasteiger partial charge in [0, 0.05) is 23.7 Å². The molecular formula is C21H17FN4S.